The Hall–Kier alpha value is -1.14. The molecule has 6 heteroatoms. The molecular weight excluding hydrogens is 344 g/mol. The standard InChI is InChI=1S/C21H38N2O4/c1-23(21(25)13-11-19-9-3-7-17-27-19)15-5-4-14-22-20(24)12-10-18-8-2-6-16-26-18/h18-19H,2-17H2,1H3,(H,22,24)/t18-,19+/m0/s1. The average molecular weight is 383 g/mol. The molecule has 2 heterocycles. The first-order chi connectivity index (χ1) is 13.1. The van der Waals surface area contributed by atoms with Crippen LogP contribution in [0.1, 0.15) is 77.0 Å². The zero-order valence-corrected chi connectivity index (χ0v) is 17.0. The number of nitrogens with one attached hydrogen (secondary N) is 1. The maximum Gasteiger partial charge on any atom is 0.222 e. The highest BCUT2D eigenvalue weighted by atomic mass is 16.5. The van der Waals surface area contributed by atoms with Gasteiger partial charge in [-0.1, -0.05) is 0 Å². The van der Waals surface area contributed by atoms with Crippen molar-refractivity contribution in [3.05, 3.63) is 0 Å². The van der Waals surface area contributed by atoms with Gasteiger partial charge in [-0.3, -0.25) is 9.59 Å². The fourth-order valence-corrected chi connectivity index (χ4v) is 3.75. The normalized spacial score (nSPS) is 23.0. The summed E-state index contributed by atoms with van der Waals surface area (Å²) < 4.78 is 11.3. The van der Waals surface area contributed by atoms with E-state index in [1.165, 1.54) is 12.8 Å². The van der Waals surface area contributed by atoms with Crippen molar-refractivity contribution in [1.29, 1.82) is 0 Å². The van der Waals surface area contributed by atoms with Crippen LogP contribution in [0, 0.1) is 0 Å². The fourth-order valence-electron chi connectivity index (χ4n) is 3.75. The molecule has 2 amide bonds. The number of ether oxygens (including phenoxy) is 2. The number of amides is 2. The van der Waals surface area contributed by atoms with Gasteiger partial charge in [0, 0.05) is 46.2 Å². The van der Waals surface area contributed by atoms with Gasteiger partial charge < -0.3 is 19.7 Å². The molecule has 0 unspecified atom stereocenters. The minimum Gasteiger partial charge on any atom is -0.378 e. The largest absolute Gasteiger partial charge is 0.378 e. The first-order valence-corrected chi connectivity index (χ1v) is 10.9. The van der Waals surface area contributed by atoms with E-state index in [4.69, 9.17) is 9.47 Å². The van der Waals surface area contributed by atoms with Gasteiger partial charge in [0.05, 0.1) is 12.2 Å². The van der Waals surface area contributed by atoms with Crippen LogP contribution in [0.2, 0.25) is 0 Å². The van der Waals surface area contributed by atoms with Crippen LogP contribution >= 0.6 is 0 Å². The Morgan fingerprint density at radius 1 is 0.926 bits per heavy atom. The molecule has 0 aromatic carbocycles. The molecule has 2 aliphatic rings. The average Bonchev–Trinajstić information content (AvgIpc) is 2.71. The van der Waals surface area contributed by atoms with E-state index in [1.807, 2.05) is 11.9 Å². The van der Waals surface area contributed by atoms with Crippen LogP contribution in [0.5, 0.6) is 0 Å². The van der Waals surface area contributed by atoms with Crippen LogP contribution < -0.4 is 5.32 Å². The lowest BCUT2D eigenvalue weighted by Gasteiger charge is -2.23. The number of hydrogen-bond acceptors (Lipinski definition) is 4. The summed E-state index contributed by atoms with van der Waals surface area (Å²) in [6, 6.07) is 0. The Kier molecular flexibility index (Phi) is 10.8. The number of carbonyl (C=O) groups excluding carboxylic acids is 2. The Bertz CT molecular complexity index is 432. The minimum absolute atomic E-state index is 0.112. The maximum atomic E-state index is 12.2. The molecule has 6 nitrogen and oxygen atoms in total. The zero-order chi connectivity index (χ0) is 19.3. The molecule has 2 saturated heterocycles. The van der Waals surface area contributed by atoms with Crippen molar-refractivity contribution in [3.8, 4) is 0 Å². The topological polar surface area (TPSA) is 67.9 Å². The van der Waals surface area contributed by atoms with E-state index in [0.29, 0.717) is 19.4 Å². The van der Waals surface area contributed by atoms with Gasteiger partial charge in [0.2, 0.25) is 11.8 Å². The van der Waals surface area contributed by atoms with Crippen molar-refractivity contribution in [2.45, 2.75) is 89.3 Å². The summed E-state index contributed by atoms with van der Waals surface area (Å²) in [4.78, 5) is 25.9. The molecule has 2 atom stereocenters. The third-order valence-corrected chi connectivity index (χ3v) is 5.59. The highest BCUT2D eigenvalue weighted by Gasteiger charge is 2.17. The third kappa shape index (κ3) is 9.56. The number of nitrogens with zero attached hydrogens (tertiary/aromatic N) is 1. The maximum absolute atomic E-state index is 12.2. The highest BCUT2D eigenvalue weighted by Crippen LogP contribution is 2.18. The SMILES string of the molecule is CN(CCCCNC(=O)CC[C@@H]1CCCCO1)C(=O)CC[C@H]1CCCCO1. The lowest BCUT2D eigenvalue weighted by Crippen LogP contribution is -2.30. The number of unbranched alkanes of at least 4 members (excludes halogenated alkanes) is 1. The second kappa shape index (κ2) is 13.1. The fraction of sp³-hybridized carbons (Fsp3) is 0.905. The highest BCUT2D eigenvalue weighted by molar-refractivity contribution is 5.76. The molecule has 2 aliphatic heterocycles. The minimum atomic E-state index is 0.112. The van der Waals surface area contributed by atoms with Crippen LogP contribution in [0.15, 0.2) is 0 Å². The van der Waals surface area contributed by atoms with Crippen molar-refractivity contribution >= 4 is 11.8 Å². The summed E-state index contributed by atoms with van der Waals surface area (Å²) in [7, 11) is 1.87. The van der Waals surface area contributed by atoms with Gasteiger partial charge in [-0.15, -0.1) is 0 Å². The lowest BCUT2D eigenvalue weighted by molar-refractivity contribution is -0.131. The van der Waals surface area contributed by atoms with Gasteiger partial charge in [0.15, 0.2) is 0 Å². The molecule has 2 rings (SSSR count). The van der Waals surface area contributed by atoms with Gasteiger partial charge in [-0.2, -0.15) is 0 Å². The molecule has 0 aromatic heterocycles. The first kappa shape index (κ1) is 22.2. The number of rotatable bonds is 11. The van der Waals surface area contributed by atoms with Crippen LogP contribution in [0.4, 0.5) is 0 Å². The second-order valence-electron chi connectivity index (χ2n) is 7.93. The second-order valence-corrected chi connectivity index (χ2v) is 7.93. The van der Waals surface area contributed by atoms with Gasteiger partial charge >= 0.3 is 0 Å². The molecular formula is C21H38N2O4. The molecule has 0 aromatic rings. The molecule has 0 radical (unpaired) electrons. The van der Waals surface area contributed by atoms with E-state index >= 15 is 0 Å². The van der Waals surface area contributed by atoms with Crippen LogP contribution in [-0.4, -0.2) is 62.3 Å². The molecule has 27 heavy (non-hydrogen) atoms. The predicted octanol–water partition coefficient (Wildman–Crippen LogP) is 3.04. The van der Waals surface area contributed by atoms with E-state index in [9.17, 15) is 9.59 Å². The molecule has 0 aliphatic carbocycles. The lowest BCUT2D eigenvalue weighted by atomic mass is 10.0. The van der Waals surface area contributed by atoms with Crippen molar-refractivity contribution < 1.29 is 19.1 Å². The van der Waals surface area contributed by atoms with Crippen molar-refractivity contribution in [2.75, 3.05) is 33.4 Å². The first-order valence-electron chi connectivity index (χ1n) is 10.9. The third-order valence-electron chi connectivity index (χ3n) is 5.59. The van der Waals surface area contributed by atoms with Gasteiger partial charge in [0.1, 0.15) is 0 Å². The summed E-state index contributed by atoms with van der Waals surface area (Å²) in [5, 5.41) is 2.98. The number of hydrogen-bond donors (Lipinski definition) is 1. The summed E-state index contributed by atoms with van der Waals surface area (Å²) in [6.45, 7) is 3.11. The van der Waals surface area contributed by atoms with Crippen molar-refractivity contribution in [1.82, 2.24) is 10.2 Å². The predicted molar refractivity (Wildman–Crippen MR) is 106 cm³/mol. The smallest absolute Gasteiger partial charge is 0.222 e. The van der Waals surface area contributed by atoms with Gasteiger partial charge in [-0.05, 0) is 64.2 Å². The Labute approximate surface area is 164 Å². The Balaban J connectivity index is 1.44. The zero-order valence-electron chi connectivity index (χ0n) is 17.0. The van der Waals surface area contributed by atoms with Crippen LogP contribution in [0.3, 0.4) is 0 Å². The summed E-state index contributed by atoms with van der Waals surface area (Å²) in [5.41, 5.74) is 0. The van der Waals surface area contributed by atoms with E-state index in [2.05, 4.69) is 5.32 Å². The van der Waals surface area contributed by atoms with Crippen molar-refractivity contribution in [3.63, 3.8) is 0 Å². The monoisotopic (exact) mass is 382 g/mol. The van der Waals surface area contributed by atoms with Gasteiger partial charge in [-0.25, -0.2) is 0 Å². The Morgan fingerprint density at radius 2 is 1.56 bits per heavy atom. The van der Waals surface area contributed by atoms with Gasteiger partial charge in [0.25, 0.3) is 0 Å². The van der Waals surface area contributed by atoms with E-state index in [1.54, 1.807) is 0 Å². The summed E-state index contributed by atoms with van der Waals surface area (Å²) in [6.07, 6.45) is 12.0. The van der Waals surface area contributed by atoms with E-state index in [0.717, 1.165) is 71.1 Å². The molecule has 156 valence electrons. The molecule has 1 N–H and O–H groups in total. The number of carbonyl (C=O) groups is 2. The Morgan fingerprint density at radius 3 is 2.15 bits per heavy atom. The quantitative estimate of drug-likeness (QED) is 0.558. The molecule has 0 saturated carbocycles. The van der Waals surface area contributed by atoms with Crippen LogP contribution in [0.25, 0.3) is 0 Å². The summed E-state index contributed by atoms with van der Waals surface area (Å²) >= 11 is 0. The van der Waals surface area contributed by atoms with E-state index in [-0.39, 0.29) is 24.0 Å². The molecule has 0 bridgehead atoms. The summed E-state index contributed by atoms with van der Waals surface area (Å²) in [5.74, 6) is 0.307. The van der Waals surface area contributed by atoms with Crippen LogP contribution in [-0.2, 0) is 19.1 Å². The van der Waals surface area contributed by atoms with E-state index < -0.39 is 0 Å². The molecule has 0 spiro atoms. The van der Waals surface area contributed by atoms with Crippen molar-refractivity contribution in [2.24, 2.45) is 0 Å². The molecule has 2 fully saturated rings.